The van der Waals surface area contributed by atoms with Gasteiger partial charge in [-0.3, -0.25) is 0 Å². The van der Waals surface area contributed by atoms with Crippen LogP contribution in [-0.4, -0.2) is 23.1 Å². The molecule has 0 radical (unpaired) electrons. The second-order valence-corrected chi connectivity index (χ2v) is 4.98. The first kappa shape index (κ1) is 16.1. The van der Waals surface area contributed by atoms with Gasteiger partial charge in [0.2, 0.25) is 5.95 Å². The quantitative estimate of drug-likeness (QED) is 0.835. The van der Waals surface area contributed by atoms with Gasteiger partial charge in [-0.15, -0.1) is 0 Å². The molecule has 118 valence electrons. The summed E-state index contributed by atoms with van der Waals surface area (Å²) in [4.78, 5) is 10.7. The van der Waals surface area contributed by atoms with Gasteiger partial charge in [-0.25, -0.2) is 13.8 Å². The van der Waals surface area contributed by atoms with E-state index in [0.717, 1.165) is 43.9 Å². The summed E-state index contributed by atoms with van der Waals surface area (Å²) in [5.74, 6) is -0.596. The molecule has 0 fully saturated rings. The van der Waals surface area contributed by atoms with Crippen molar-refractivity contribution in [3.63, 3.8) is 0 Å². The van der Waals surface area contributed by atoms with E-state index in [-0.39, 0.29) is 0 Å². The Morgan fingerprint density at radius 1 is 1.05 bits per heavy atom. The van der Waals surface area contributed by atoms with Gasteiger partial charge in [-0.2, -0.15) is 4.98 Å². The van der Waals surface area contributed by atoms with E-state index in [1.807, 2.05) is 6.07 Å². The molecule has 6 heteroatoms. The number of halogens is 2. The van der Waals surface area contributed by atoms with Crippen LogP contribution in [0.2, 0.25) is 0 Å². The molecule has 0 aliphatic carbocycles. The van der Waals surface area contributed by atoms with Crippen LogP contribution in [0.5, 0.6) is 0 Å². The summed E-state index contributed by atoms with van der Waals surface area (Å²) in [6.45, 7) is 6.06. The molecule has 1 aromatic heterocycles. The lowest BCUT2D eigenvalue weighted by molar-refractivity contribution is 0.509. The van der Waals surface area contributed by atoms with Crippen molar-refractivity contribution < 1.29 is 8.78 Å². The molecule has 22 heavy (non-hydrogen) atoms. The Hall–Kier alpha value is -2.24. The molecule has 4 nitrogen and oxygen atoms in total. The fraction of sp³-hybridized carbons (Fsp3) is 0.375. The number of anilines is 3. The Bertz CT molecular complexity index is 613. The van der Waals surface area contributed by atoms with Gasteiger partial charge in [0.25, 0.3) is 0 Å². The van der Waals surface area contributed by atoms with Crippen molar-refractivity contribution in [2.75, 3.05) is 23.3 Å². The standard InChI is InChI=1S/C16H20F2N4/c1-3-9-22(10-4-2)15-7-8-19-16(21-15)20-12-5-6-13(17)14(18)11-12/h5-8,11H,3-4,9-10H2,1-2H3,(H,19,20,21). The highest BCUT2D eigenvalue weighted by Gasteiger charge is 2.08. The first-order valence-electron chi connectivity index (χ1n) is 7.44. The van der Waals surface area contributed by atoms with Crippen molar-refractivity contribution >= 4 is 17.5 Å². The molecule has 0 amide bonds. The average molecular weight is 306 g/mol. The second-order valence-electron chi connectivity index (χ2n) is 4.98. The summed E-state index contributed by atoms with van der Waals surface area (Å²) in [5.41, 5.74) is 0.411. The molecular formula is C16H20F2N4. The summed E-state index contributed by atoms with van der Waals surface area (Å²) in [6, 6.07) is 5.45. The Balaban J connectivity index is 2.18. The van der Waals surface area contributed by atoms with Gasteiger partial charge in [-0.05, 0) is 31.0 Å². The number of aromatic nitrogens is 2. The van der Waals surface area contributed by atoms with Gasteiger partial charge in [0, 0.05) is 31.0 Å². The van der Waals surface area contributed by atoms with Gasteiger partial charge < -0.3 is 10.2 Å². The monoisotopic (exact) mass is 306 g/mol. The third-order valence-corrected chi connectivity index (χ3v) is 3.13. The van der Waals surface area contributed by atoms with Crippen molar-refractivity contribution in [2.45, 2.75) is 26.7 Å². The minimum Gasteiger partial charge on any atom is -0.356 e. The second kappa shape index (κ2) is 7.68. The molecule has 2 aromatic rings. The van der Waals surface area contributed by atoms with Crippen LogP contribution in [0, 0.1) is 11.6 Å². The Labute approximate surface area is 129 Å². The van der Waals surface area contributed by atoms with Crippen LogP contribution in [0.1, 0.15) is 26.7 Å². The SMILES string of the molecule is CCCN(CCC)c1ccnc(Nc2ccc(F)c(F)c2)n1. The van der Waals surface area contributed by atoms with Crippen molar-refractivity contribution in [3.05, 3.63) is 42.1 Å². The topological polar surface area (TPSA) is 41.1 Å². The molecule has 0 bridgehead atoms. The molecule has 0 spiro atoms. The van der Waals surface area contributed by atoms with Gasteiger partial charge in [0.05, 0.1) is 0 Å². The molecule has 0 aliphatic heterocycles. The summed E-state index contributed by atoms with van der Waals surface area (Å²) in [7, 11) is 0. The fourth-order valence-corrected chi connectivity index (χ4v) is 2.17. The van der Waals surface area contributed by atoms with E-state index >= 15 is 0 Å². The molecule has 0 aliphatic rings. The lowest BCUT2D eigenvalue weighted by atomic mass is 10.3. The first-order chi connectivity index (χ1) is 10.6. The highest BCUT2D eigenvalue weighted by atomic mass is 19.2. The van der Waals surface area contributed by atoms with Gasteiger partial charge in [0.15, 0.2) is 11.6 Å². The number of nitrogens with one attached hydrogen (secondary N) is 1. The van der Waals surface area contributed by atoms with Crippen LogP contribution in [0.3, 0.4) is 0 Å². The summed E-state index contributed by atoms with van der Waals surface area (Å²) in [5, 5.41) is 2.90. The normalized spacial score (nSPS) is 10.5. The molecule has 2 rings (SSSR count). The van der Waals surface area contributed by atoms with Crippen LogP contribution < -0.4 is 10.2 Å². The molecule has 0 unspecified atom stereocenters. The van der Waals surface area contributed by atoms with Gasteiger partial charge in [-0.1, -0.05) is 13.8 Å². The molecule has 0 saturated carbocycles. The zero-order chi connectivity index (χ0) is 15.9. The lowest BCUT2D eigenvalue weighted by Gasteiger charge is -2.22. The van der Waals surface area contributed by atoms with E-state index in [0.29, 0.717) is 11.6 Å². The van der Waals surface area contributed by atoms with Gasteiger partial charge >= 0.3 is 0 Å². The Morgan fingerprint density at radius 3 is 2.41 bits per heavy atom. The predicted molar refractivity (Wildman–Crippen MR) is 84.5 cm³/mol. The van der Waals surface area contributed by atoms with Crippen LogP contribution in [-0.2, 0) is 0 Å². The summed E-state index contributed by atoms with van der Waals surface area (Å²) < 4.78 is 26.2. The van der Waals surface area contributed by atoms with Crippen molar-refractivity contribution in [3.8, 4) is 0 Å². The molecule has 1 heterocycles. The van der Waals surface area contributed by atoms with E-state index < -0.39 is 11.6 Å². The summed E-state index contributed by atoms with van der Waals surface area (Å²) in [6.07, 6.45) is 3.70. The number of rotatable bonds is 7. The third kappa shape index (κ3) is 4.13. The van der Waals surface area contributed by atoms with Crippen molar-refractivity contribution in [2.24, 2.45) is 0 Å². The average Bonchev–Trinajstić information content (AvgIpc) is 2.51. The zero-order valence-electron chi connectivity index (χ0n) is 12.8. The minimum absolute atomic E-state index is 0.362. The molecule has 1 N–H and O–H groups in total. The van der Waals surface area contributed by atoms with E-state index in [4.69, 9.17) is 0 Å². The third-order valence-electron chi connectivity index (χ3n) is 3.13. The van der Waals surface area contributed by atoms with E-state index in [2.05, 4.69) is 34.0 Å². The Morgan fingerprint density at radius 2 is 1.77 bits per heavy atom. The highest BCUT2D eigenvalue weighted by Crippen LogP contribution is 2.19. The number of hydrogen-bond donors (Lipinski definition) is 1. The first-order valence-corrected chi connectivity index (χ1v) is 7.44. The number of nitrogens with zero attached hydrogens (tertiary/aromatic N) is 3. The van der Waals surface area contributed by atoms with Crippen LogP contribution in [0.15, 0.2) is 30.5 Å². The largest absolute Gasteiger partial charge is 0.356 e. The number of hydrogen-bond acceptors (Lipinski definition) is 4. The van der Waals surface area contributed by atoms with Gasteiger partial charge in [0.1, 0.15) is 5.82 Å². The Kier molecular flexibility index (Phi) is 5.63. The zero-order valence-corrected chi connectivity index (χ0v) is 12.8. The van der Waals surface area contributed by atoms with Crippen molar-refractivity contribution in [1.29, 1.82) is 0 Å². The van der Waals surface area contributed by atoms with E-state index in [1.165, 1.54) is 6.07 Å². The maximum atomic E-state index is 13.2. The fourth-order valence-electron chi connectivity index (χ4n) is 2.17. The smallest absolute Gasteiger partial charge is 0.229 e. The predicted octanol–water partition coefficient (Wildman–Crippen LogP) is 4.12. The molecule has 0 atom stereocenters. The van der Waals surface area contributed by atoms with Crippen molar-refractivity contribution in [1.82, 2.24) is 9.97 Å². The van der Waals surface area contributed by atoms with Crippen LogP contribution in [0.25, 0.3) is 0 Å². The molecular weight excluding hydrogens is 286 g/mol. The van der Waals surface area contributed by atoms with Crippen LogP contribution >= 0.6 is 0 Å². The lowest BCUT2D eigenvalue weighted by Crippen LogP contribution is -2.26. The minimum atomic E-state index is -0.903. The highest BCUT2D eigenvalue weighted by molar-refractivity contribution is 5.55. The van der Waals surface area contributed by atoms with E-state index in [1.54, 1.807) is 6.20 Å². The van der Waals surface area contributed by atoms with Crippen LogP contribution in [0.4, 0.5) is 26.2 Å². The molecule has 0 saturated heterocycles. The van der Waals surface area contributed by atoms with E-state index in [9.17, 15) is 8.78 Å². The maximum absolute atomic E-state index is 13.2. The maximum Gasteiger partial charge on any atom is 0.229 e. The summed E-state index contributed by atoms with van der Waals surface area (Å²) >= 11 is 0. The molecule has 1 aromatic carbocycles. The number of benzene rings is 1.